The van der Waals surface area contributed by atoms with E-state index in [-0.39, 0.29) is 12.0 Å². The van der Waals surface area contributed by atoms with Gasteiger partial charge in [-0.05, 0) is 26.0 Å². The van der Waals surface area contributed by atoms with E-state index in [4.69, 9.17) is 9.47 Å². The van der Waals surface area contributed by atoms with E-state index in [1.54, 1.807) is 13.3 Å². The van der Waals surface area contributed by atoms with Crippen molar-refractivity contribution in [3.63, 3.8) is 0 Å². The molecule has 4 heterocycles. The maximum absolute atomic E-state index is 12.9. The third-order valence-corrected chi connectivity index (χ3v) is 6.07. The Morgan fingerprint density at radius 2 is 2.17 bits per heavy atom. The average Bonchev–Trinajstić information content (AvgIpc) is 3.13. The minimum atomic E-state index is -0.274. The van der Waals surface area contributed by atoms with Crippen molar-refractivity contribution >= 4 is 33.4 Å². The topological polar surface area (TPSA) is 89.5 Å². The maximum Gasteiger partial charge on any atom is 0.261 e. The van der Waals surface area contributed by atoms with Crippen LogP contribution >= 0.6 is 11.3 Å². The van der Waals surface area contributed by atoms with Crippen molar-refractivity contribution in [2.45, 2.75) is 20.0 Å². The maximum atomic E-state index is 12.9. The van der Waals surface area contributed by atoms with Crippen molar-refractivity contribution in [3.05, 3.63) is 46.2 Å². The molecule has 1 saturated heterocycles. The molecule has 30 heavy (non-hydrogen) atoms. The van der Waals surface area contributed by atoms with E-state index in [0.29, 0.717) is 43.7 Å². The van der Waals surface area contributed by atoms with E-state index in [2.05, 4.69) is 25.2 Å². The number of morpholine rings is 1. The number of thiophene rings is 1. The van der Waals surface area contributed by atoms with E-state index < -0.39 is 0 Å². The number of ether oxygens (including phenoxy) is 2. The molecule has 158 valence electrons. The molecule has 0 bridgehead atoms. The number of pyridine rings is 1. The third kappa shape index (κ3) is 4.28. The lowest BCUT2D eigenvalue weighted by molar-refractivity contribution is 0.0396. The highest BCUT2D eigenvalue weighted by Gasteiger charge is 2.31. The zero-order valence-corrected chi connectivity index (χ0v) is 18.2. The molecule has 1 unspecified atom stereocenters. The number of hydrogen-bond acceptors (Lipinski definition) is 8. The number of amides is 1. The highest BCUT2D eigenvalue weighted by atomic mass is 32.1. The van der Waals surface area contributed by atoms with Crippen LogP contribution in [0.25, 0.3) is 10.2 Å². The van der Waals surface area contributed by atoms with Crippen LogP contribution in [0, 0.1) is 13.8 Å². The second-order valence-electron chi connectivity index (χ2n) is 7.21. The predicted octanol–water partition coefficient (Wildman–Crippen LogP) is 2.66. The van der Waals surface area contributed by atoms with Crippen LogP contribution in [0.4, 0.5) is 5.95 Å². The van der Waals surface area contributed by atoms with Crippen LogP contribution in [0.15, 0.2) is 24.4 Å². The minimum absolute atomic E-state index is 0.131. The Kier molecular flexibility index (Phi) is 6.21. The van der Waals surface area contributed by atoms with Gasteiger partial charge in [-0.2, -0.15) is 0 Å². The van der Waals surface area contributed by atoms with E-state index in [1.165, 1.54) is 11.3 Å². The molecule has 1 aliphatic rings. The smallest absolute Gasteiger partial charge is 0.261 e. The molecule has 3 aromatic heterocycles. The summed E-state index contributed by atoms with van der Waals surface area (Å²) in [5, 5.41) is 3.87. The number of fused-ring (bicyclic) bond motifs is 1. The third-order valence-electron chi connectivity index (χ3n) is 4.94. The molecule has 1 amide bonds. The van der Waals surface area contributed by atoms with Gasteiger partial charge >= 0.3 is 0 Å². The van der Waals surface area contributed by atoms with Gasteiger partial charge in [0.05, 0.1) is 19.8 Å². The number of nitrogens with one attached hydrogen (secondary N) is 1. The average molecular weight is 428 g/mol. The molecule has 9 heteroatoms. The van der Waals surface area contributed by atoms with Crippen LogP contribution in [0.2, 0.25) is 0 Å². The summed E-state index contributed by atoms with van der Waals surface area (Å²) >= 11 is 1.39. The van der Waals surface area contributed by atoms with Gasteiger partial charge in [0.2, 0.25) is 5.95 Å². The molecule has 4 rings (SSSR count). The summed E-state index contributed by atoms with van der Waals surface area (Å²) in [4.78, 5) is 30.2. The fourth-order valence-electron chi connectivity index (χ4n) is 3.64. The summed E-state index contributed by atoms with van der Waals surface area (Å²) in [7, 11) is 1.61. The zero-order chi connectivity index (χ0) is 21.1. The summed E-state index contributed by atoms with van der Waals surface area (Å²) < 4.78 is 11.2. The predicted molar refractivity (Wildman–Crippen MR) is 116 cm³/mol. The summed E-state index contributed by atoms with van der Waals surface area (Å²) in [6.07, 6.45) is 1.47. The molecule has 8 nitrogen and oxygen atoms in total. The molecule has 1 fully saturated rings. The Morgan fingerprint density at radius 1 is 1.37 bits per heavy atom. The lowest BCUT2D eigenvalue weighted by Gasteiger charge is -2.33. The lowest BCUT2D eigenvalue weighted by Crippen LogP contribution is -2.40. The number of nitrogens with zero attached hydrogens (tertiary/aromatic N) is 4. The first-order valence-electron chi connectivity index (χ1n) is 9.90. The Morgan fingerprint density at radius 3 is 2.93 bits per heavy atom. The summed E-state index contributed by atoms with van der Waals surface area (Å²) in [5.41, 5.74) is 2.75. The SMILES string of the molecule is COCCNC(=O)c1sc2ncccc2c1C1CN(c2nc(C)cc(C)n2)CCO1. The molecule has 0 aromatic carbocycles. The molecule has 0 radical (unpaired) electrons. The molecule has 0 saturated carbocycles. The van der Waals surface area contributed by atoms with Crippen molar-refractivity contribution in [2.24, 2.45) is 0 Å². The number of aryl methyl sites for hydroxylation is 2. The number of methoxy groups -OCH3 is 1. The van der Waals surface area contributed by atoms with Gasteiger partial charge in [0, 0.05) is 48.7 Å². The van der Waals surface area contributed by atoms with Gasteiger partial charge in [0.15, 0.2) is 0 Å². The van der Waals surface area contributed by atoms with Crippen molar-refractivity contribution in [2.75, 3.05) is 44.9 Å². The number of aromatic nitrogens is 3. The molecule has 1 aliphatic heterocycles. The molecule has 1 atom stereocenters. The number of hydrogen-bond donors (Lipinski definition) is 1. The number of rotatable bonds is 6. The Labute approximate surface area is 179 Å². The molecular weight excluding hydrogens is 402 g/mol. The Balaban J connectivity index is 1.67. The fourth-order valence-corrected chi connectivity index (χ4v) is 4.75. The van der Waals surface area contributed by atoms with Gasteiger partial charge in [0.1, 0.15) is 15.8 Å². The highest BCUT2D eigenvalue weighted by Crippen LogP contribution is 2.37. The van der Waals surface area contributed by atoms with Gasteiger partial charge in [-0.3, -0.25) is 4.79 Å². The van der Waals surface area contributed by atoms with Crippen LogP contribution < -0.4 is 10.2 Å². The van der Waals surface area contributed by atoms with Crippen LogP contribution in [0.1, 0.15) is 32.7 Å². The van der Waals surface area contributed by atoms with Gasteiger partial charge < -0.3 is 19.7 Å². The first kappa shape index (κ1) is 20.6. The molecule has 3 aromatic rings. The van der Waals surface area contributed by atoms with Crippen molar-refractivity contribution < 1.29 is 14.3 Å². The number of anilines is 1. The number of carbonyl (C=O) groups is 1. The first-order valence-corrected chi connectivity index (χ1v) is 10.7. The minimum Gasteiger partial charge on any atom is -0.383 e. The van der Waals surface area contributed by atoms with Gasteiger partial charge in [-0.15, -0.1) is 11.3 Å². The van der Waals surface area contributed by atoms with Crippen LogP contribution in [-0.2, 0) is 9.47 Å². The van der Waals surface area contributed by atoms with Gasteiger partial charge in [-0.1, -0.05) is 6.07 Å². The van der Waals surface area contributed by atoms with Crippen molar-refractivity contribution in [1.82, 2.24) is 20.3 Å². The Hall–Kier alpha value is -2.62. The Bertz CT molecular complexity index is 1030. The van der Waals surface area contributed by atoms with Crippen molar-refractivity contribution in [3.8, 4) is 0 Å². The van der Waals surface area contributed by atoms with Crippen LogP contribution in [0.5, 0.6) is 0 Å². The number of carbonyl (C=O) groups excluding carboxylic acids is 1. The van der Waals surface area contributed by atoms with Gasteiger partial charge in [0.25, 0.3) is 5.91 Å². The monoisotopic (exact) mass is 427 g/mol. The second-order valence-corrected chi connectivity index (χ2v) is 8.20. The molecule has 1 N–H and O–H groups in total. The van der Waals surface area contributed by atoms with Crippen LogP contribution in [-0.4, -0.2) is 60.8 Å². The zero-order valence-electron chi connectivity index (χ0n) is 17.3. The molecular formula is C21H25N5O3S. The molecule has 0 spiro atoms. The molecule has 0 aliphatic carbocycles. The second kappa shape index (κ2) is 9.03. The van der Waals surface area contributed by atoms with E-state index in [1.807, 2.05) is 32.0 Å². The summed E-state index contributed by atoms with van der Waals surface area (Å²) in [5.74, 6) is 0.568. The normalized spacial score (nSPS) is 16.8. The van der Waals surface area contributed by atoms with E-state index in [9.17, 15) is 4.79 Å². The first-order chi connectivity index (χ1) is 14.6. The summed E-state index contributed by atoms with van der Waals surface area (Å²) in [6, 6.07) is 5.84. The van der Waals surface area contributed by atoms with Crippen molar-refractivity contribution in [1.29, 1.82) is 0 Å². The van der Waals surface area contributed by atoms with E-state index >= 15 is 0 Å². The van der Waals surface area contributed by atoms with Gasteiger partial charge in [-0.25, -0.2) is 15.0 Å². The quantitative estimate of drug-likeness (QED) is 0.605. The lowest BCUT2D eigenvalue weighted by atomic mass is 10.0. The fraction of sp³-hybridized carbons (Fsp3) is 0.429. The van der Waals surface area contributed by atoms with E-state index in [0.717, 1.165) is 27.2 Å². The van der Waals surface area contributed by atoms with Crippen LogP contribution in [0.3, 0.4) is 0 Å². The summed E-state index contributed by atoms with van der Waals surface area (Å²) in [6.45, 7) is 6.65. The largest absolute Gasteiger partial charge is 0.383 e. The highest BCUT2D eigenvalue weighted by molar-refractivity contribution is 7.20. The standard InChI is InChI=1S/C21H25N5O3S/c1-13-11-14(2)25-21(24-13)26-8-10-29-16(12-26)17-15-5-4-6-23-20(15)30-18(17)19(27)22-7-9-28-3/h4-6,11,16H,7-10,12H2,1-3H3,(H,22,27).